The first-order valence-corrected chi connectivity index (χ1v) is 10.7. The number of thiophene rings is 1. The van der Waals surface area contributed by atoms with Gasteiger partial charge in [-0.15, -0.1) is 0 Å². The van der Waals surface area contributed by atoms with Crippen molar-refractivity contribution < 1.29 is 19.0 Å². The Morgan fingerprint density at radius 3 is 2.10 bits per heavy atom. The zero-order chi connectivity index (χ0) is 22.0. The van der Waals surface area contributed by atoms with Crippen LogP contribution in [0.25, 0.3) is 16.8 Å². The molecule has 0 aliphatic rings. The number of carbonyl (C=O) groups is 1. The van der Waals surface area contributed by atoms with E-state index in [1.807, 2.05) is 33.7 Å². The van der Waals surface area contributed by atoms with Crippen molar-refractivity contribution in [3.8, 4) is 34.1 Å². The third-order valence-corrected chi connectivity index (χ3v) is 5.82. The number of aromatic nitrogens is 1. The predicted molar refractivity (Wildman–Crippen MR) is 123 cm³/mol. The van der Waals surface area contributed by atoms with Crippen molar-refractivity contribution in [3.05, 3.63) is 82.3 Å². The number of ketones is 1. The van der Waals surface area contributed by atoms with Gasteiger partial charge in [-0.25, -0.2) is 0 Å². The summed E-state index contributed by atoms with van der Waals surface area (Å²) in [6.07, 6.45) is 2.00. The van der Waals surface area contributed by atoms with Gasteiger partial charge in [0.25, 0.3) is 0 Å². The Kier molecular flexibility index (Phi) is 5.82. The van der Waals surface area contributed by atoms with Crippen molar-refractivity contribution in [2.45, 2.75) is 6.92 Å². The van der Waals surface area contributed by atoms with Crippen molar-refractivity contribution in [2.75, 3.05) is 21.3 Å². The third kappa shape index (κ3) is 3.94. The van der Waals surface area contributed by atoms with Gasteiger partial charge >= 0.3 is 0 Å². The van der Waals surface area contributed by atoms with Crippen LogP contribution in [-0.2, 0) is 0 Å². The minimum absolute atomic E-state index is 0.135. The Labute approximate surface area is 185 Å². The summed E-state index contributed by atoms with van der Waals surface area (Å²) in [6.45, 7) is 2.06. The lowest BCUT2D eigenvalue weighted by atomic mass is 10.0. The molecule has 5 nitrogen and oxygen atoms in total. The van der Waals surface area contributed by atoms with Crippen molar-refractivity contribution in [3.63, 3.8) is 0 Å². The molecular weight excluding hydrogens is 410 g/mol. The first-order chi connectivity index (χ1) is 15.0. The Morgan fingerprint density at radius 2 is 1.55 bits per heavy atom. The highest BCUT2D eigenvalue weighted by Crippen LogP contribution is 2.39. The summed E-state index contributed by atoms with van der Waals surface area (Å²) in [7, 11) is 4.61. The SMILES string of the molecule is COc1cc(C(=O)c2cc(-c3ccc(C)cc3)cn2-c2ccsc2)cc(OC)c1OC. The monoisotopic (exact) mass is 433 g/mol. The summed E-state index contributed by atoms with van der Waals surface area (Å²) in [6, 6.07) is 15.5. The average Bonchev–Trinajstić information content (AvgIpc) is 3.48. The maximum absolute atomic E-state index is 13.6. The van der Waals surface area contributed by atoms with Crippen molar-refractivity contribution in [2.24, 2.45) is 0 Å². The molecule has 0 radical (unpaired) electrons. The Bertz CT molecular complexity index is 1180. The Hall–Kier alpha value is -3.51. The molecule has 4 aromatic rings. The molecule has 0 bridgehead atoms. The van der Waals surface area contributed by atoms with Crippen LogP contribution < -0.4 is 14.2 Å². The lowest BCUT2D eigenvalue weighted by Gasteiger charge is -2.14. The first kappa shape index (κ1) is 20.8. The van der Waals surface area contributed by atoms with E-state index in [1.54, 1.807) is 23.5 Å². The quantitative estimate of drug-likeness (QED) is 0.347. The van der Waals surface area contributed by atoms with E-state index >= 15 is 0 Å². The van der Waals surface area contributed by atoms with Gasteiger partial charge in [0.05, 0.1) is 32.7 Å². The number of aryl methyl sites for hydroxylation is 1. The van der Waals surface area contributed by atoms with E-state index in [2.05, 4.69) is 31.2 Å². The molecule has 0 spiro atoms. The van der Waals surface area contributed by atoms with Gasteiger partial charge in [-0.05, 0) is 42.1 Å². The molecule has 0 saturated carbocycles. The van der Waals surface area contributed by atoms with Gasteiger partial charge in [0.2, 0.25) is 11.5 Å². The zero-order valence-corrected chi connectivity index (χ0v) is 18.7. The van der Waals surface area contributed by atoms with Crippen LogP contribution in [0.2, 0.25) is 0 Å². The molecule has 4 rings (SSSR count). The molecule has 31 heavy (non-hydrogen) atoms. The molecule has 0 aliphatic carbocycles. The lowest BCUT2D eigenvalue weighted by Crippen LogP contribution is -2.09. The van der Waals surface area contributed by atoms with Crippen LogP contribution in [0.4, 0.5) is 0 Å². The second kappa shape index (κ2) is 8.70. The van der Waals surface area contributed by atoms with Crippen molar-refractivity contribution in [1.82, 2.24) is 4.57 Å². The molecule has 2 aromatic heterocycles. The van der Waals surface area contributed by atoms with Crippen LogP contribution in [0.5, 0.6) is 17.2 Å². The highest BCUT2D eigenvalue weighted by atomic mass is 32.1. The van der Waals surface area contributed by atoms with Crippen LogP contribution in [0.3, 0.4) is 0 Å². The fourth-order valence-corrected chi connectivity index (χ4v) is 4.14. The standard InChI is InChI=1S/C25H23NO4S/c1-16-5-7-17(8-6-16)19-11-21(26(14-19)20-9-10-31-15-20)24(27)18-12-22(28-2)25(30-4)23(13-18)29-3/h5-15H,1-4H3. The smallest absolute Gasteiger partial charge is 0.210 e. The zero-order valence-electron chi connectivity index (χ0n) is 17.8. The number of methoxy groups -OCH3 is 3. The summed E-state index contributed by atoms with van der Waals surface area (Å²) in [5.74, 6) is 1.20. The Balaban J connectivity index is 1.85. The van der Waals surface area contributed by atoms with Crippen LogP contribution in [0.1, 0.15) is 21.6 Å². The van der Waals surface area contributed by atoms with E-state index in [-0.39, 0.29) is 5.78 Å². The molecule has 0 fully saturated rings. The second-order valence-electron chi connectivity index (χ2n) is 7.07. The summed E-state index contributed by atoms with van der Waals surface area (Å²) in [5.41, 5.74) is 5.18. The minimum Gasteiger partial charge on any atom is -0.493 e. The van der Waals surface area contributed by atoms with Crippen LogP contribution >= 0.6 is 11.3 Å². The maximum atomic E-state index is 13.6. The van der Waals surface area contributed by atoms with Gasteiger partial charge < -0.3 is 18.8 Å². The summed E-state index contributed by atoms with van der Waals surface area (Å²) >= 11 is 1.59. The van der Waals surface area contributed by atoms with Crippen LogP contribution in [0, 0.1) is 6.92 Å². The van der Waals surface area contributed by atoms with Crippen molar-refractivity contribution in [1.29, 1.82) is 0 Å². The van der Waals surface area contributed by atoms with Gasteiger partial charge in [0.15, 0.2) is 11.5 Å². The van der Waals surface area contributed by atoms with E-state index in [4.69, 9.17) is 14.2 Å². The molecule has 0 amide bonds. The van der Waals surface area contributed by atoms with E-state index in [9.17, 15) is 4.79 Å². The lowest BCUT2D eigenvalue weighted by molar-refractivity contribution is 0.103. The molecule has 0 atom stereocenters. The molecule has 158 valence electrons. The summed E-state index contributed by atoms with van der Waals surface area (Å²) in [4.78, 5) is 13.6. The fourth-order valence-electron chi connectivity index (χ4n) is 3.51. The highest BCUT2D eigenvalue weighted by molar-refractivity contribution is 7.08. The molecular formula is C25H23NO4S. The predicted octanol–water partition coefficient (Wildman–Crippen LogP) is 5.77. The topological polar surface area (TPSA) is 49.7 Å². The first-order valence-electron chi connectivity index (χ1n) is 9.72. The number of ether oxygens (including phenoxy) is 3. The minimum atomic E-state index is -0.135. The Morgan fingerprint density at radius 1 is 0.871 bits per heavy atom. The number of hydrogen-bond acceptors (Lipinski definition) is 5. The van der Waals surface area contributed by atoms with Gasteiger partial charge in [0, 0.05) is 22.7 Å². The second-order valence-corrected chi connectivity index (χ2v) is 7.85. The van der Waals surface area contributed by atoms with E-state index in [0.717, 1.165) is 16.8 Å². The number of rotatable bonds is 7. The highest BCUT2D eigenvalue weighted by Gasteiger charge is 2.22. The van der Waals surface area contributed by atoms with Crippen LogP contribution in [-0.4, -0.2) is 31.7 Å². The average molecular weight is 434 g/mol. The molecule has 0 saturated heterocycles. The number of hydrogen-bond donors (Lipinski definition) is 0. The van der Waals surface area contributed by atoms with Gasteiger partial charge in [-0.3, -0.25) is 4.79 Å². The molecule has 2 aromatic carbocycles. The van der Waals surface area contributed by atoms with Gasteiger partial charge in [0.1, 0.15) is 0 Å². The maximum Gasteiger partial charge on any atom is 0.210 e. The fraction of sp³-hybridized carbons (Fsp3) is 0.160. The van der Waals surface area contributed by atoms with E-state index in [0.29, 0.717) is 28.5 Å². The third-order valence-electron chi connectivity index (χ3n) is 5.15. The van der Waals surface area contributed by atoms with Crippen molar-refractivity contribution >= 4 is 17.1 Å². The molecule has 0 aliphatic heterocycles. The van der Waals surface area contributed by atoms with E-state index < -0.39 is 0 Å². The molecule has 2 heterocycles. The van der Waals surface area contributed by atoms with Crippen LogP contribution in [0.15, 0.2) is 65.5 Å². The normalized spacial score (nSPS) is 10.7. The number of carbonyl (C=O) groups excluding carboxylic acids is 1. The summed E-state index contributed by atoms with van der Waals surface area (Å²) < 4.78 is 18.2. The number of benzene rings is 2. The van der Waals surface area contributed by atoms with Gasteiger partial charge in [-0.1, -0.05) is 29.8 Å². The molecule has 0 N–H and O–H groups in total. The summed E-state index contributed by atoms with van der Waals surface area (Å²) in [5, 5.41) is 4.01. The molecule has 0 unspecified atom stereocenters. The molecule has 6 heteroatoms. The number of nitrogens with zero attached hydrogens (tertiary/aromatic N) is 1. The van der Waals surface area contributed by atoms with E-state index in [1.165, 1.54) is 26.9 Å². The largest absolute Gasteiger partial charge is 0.493 e. The van der Waals surface area contributed by atoms with Gasteiger partial charge in [-0.2, -0.15) is 11.3 Å².